The van der Waals surface area contributed by atoms with E-state index in [1.165, 1.54) is 11.3 Å². The van der Waals surface area contributed by atoms with E-state index < -0.39 is 0 Å². The fourth-order valence-corrected chi connectivity index (χ4v) is 4.13. The Kier molecular flexibility index (Phi) is 5.18. The molecule has 1 unspecified atom stereocenters. The number of rotatable bonds is 3. The third-order valence-corrected chi connectivity index (χ3v) is 5.30. The van der Waals surface area contributed by atoms with Crippen molar-refractivity contribution in [1.29, 1.82) is 0 Å². The van der Waals surface area contributed by atoms with E-state index in [0.29, 0.717) is 18.2 Å². The number of hydrogen-bond acceptors (Lipinski definition) is 4. The van der Waals surface area contributed by atoms with Gasteiger partial charge in [0.25, 0.3) is 0 Å². The number of anilines is 1. The zero-order chi connectivity index (χ0) is 17.1. The second-order valence-electron chi connectivity index (χ2n) is 6.63. The van der Waals surface area contributed by atoms with Gasteiger partial charge in [-0.05, 0) is 33.1 Å². The fourth-order valence-electron chi connectivity index (χ4n) is 3.11. The van der Waals surface area contributed by atoms with Crippen LogP contribution in [0.1, 0.15) is 43.7 Å². The van der Waals surface area contributed by atoms with Crippen LogP contribution < -0.4 is 10.6 Å². The molecule has 0 saturated carbocycles. The van der Waals surface area contributed by atoms with Gasteiger partial charge in [0.1, 0.15) is 0 Å². The maximum Gasteiger partial charge on any atom is 0.321 e. The number of carbonyl (C=O) groups is 2. The van der Waals surface area contributed by atoms with Crippen LogP contribution in [0.4, 0.5) is 9.93 Å². The topological polar surface area (TPSA) is 74.3 Å². The van der Waals surface area contributed by atoms with Gasteiger partial charge in [-0.25, -0.2) is 9.78 Å². The highest BCUT2D eigenvalue weighted by atomic mass is 32.1. The van der Waals surface area contributed by atoms with Gasteiger partial charge in [0, 0.05) is 29.8 Å². The van der Waals surface area contributed by atoms with Crippen molar-refractivity contribution < 1.29 is 9.59 Å². The molecular formula is C17H24N4O2S. The highest BCUT2D eigenvalue weighted by Crippen LogP contribution is 2.30. The summed E-state index contributed by atoms with van der Waals surface area (Å²) in [6.45, 7) is 5.15. The number of hydrogen-bond donors (Lipinski definition) is 2. The Labute approximate surface area is 146 Å². The molecule has 0 spiro atoms. The molecule has 2 N–H and O–H groups in total. The van der Waals surface area contributed by atoms with Crippen LogP contribution in [0.2, 0.25) is 0 Å². The van der Waals surface area contributed by atoms with Crippen LogP contribution in [-0.4, -0.2) is 34.4 Å². The van der Waals surface area contributed by atoms with Crippen LogP contribution >= 0.6 is 11.3 Å². The second-order valence-corrected chi connectivity index (χ2v) is 7.72. The smallest absolute Gasteiger partial charge is 0.321 e. The molecule has 7 heteroatoms. The lowest BCUT2D eigenvalue weighted by Crippen LogP contribution is -2.39. The monoisotopic (exact) mass is 348 g/mol. The van der Waals surface area contributed by atoms with E-state index in [9.17, 15) is 9.59 Å². The molecule has 1 aromatic heterocycles. The van der Waals surface area contributed by atoms with Crippen molar-refractivity contribution in [1.82, 2.24) is 15.2 Å². The van der Waals surface area contributed by atoms with E-state index in [1.54, 1.807) is 0 Å². The summed E-state index contributed by atoms with van der Waals surface area (Å²) in [6.07, 6.45) is 7.82. The Morgan fingerprint density at radius 2 is 2.21 bits per heavy atom. The molecule has 3 rings (SSSR count). The quantitative estimate of drug-likeness (QED) is 0.825. The number of carbonyl (C=O) groups excluding carboxylic acids is 2. The summed E-state index contributed by atoms with van der Waals surface area (Å²) in [5, 5.41) is 6.17. The first kappa shape index (κ1) is 17.0. The molecule has 0 saturated heterocycles. The first-order valence-corrected chi connectivity index (χ1v) is 9.34. The number of fused-ring (bicyclic) bond motifs is 1. The third-order valence-electron chi connectivity index (χ3n) is 4.30. The first-order valence-electron chi connectivity index (χ1n) is 8.53. The van der Waals surface area contributed by atoms with E-state index in [1.807, 2.05) is 18.7 Å². The van der Waals surface area contributed by atoms with Crippen LogP contribution in [0.3, 0.4) is 0 Å². The average molecular weight is 348 g/mol. The lowest BCUT2D eigenvalue weighted by atomic mass is 9.92. The summed E-state index contributed by atoms with van der Waals surface area (Å²) in [5.41, 5.74) is 1.01. The van der Waals surface area contributed by atoms with Crippen molar-refractivity contribution >= 4 is 28.4 Å². The lowest BCUT2D eigenvalue weighted by Gasteiger charge is -2.30. The second kappa shape index (κ2) is 7.34. The summed E-state index contributed by atoms with van der Waals surface area (Å²) in [5.74, 6) is 0.379. The van der Waals surface area contributed by atoms with Gasteiger partial charge in [0.15, 0.2) is 5.13 Å². The van der Waals surface area contributed by atoms with E-state index in [-0.39, 0.29) is 23.9 Å². The van der Waals surface area contributed by atoms with Gasteiger partial charge >= 0.3 is 6.03 Å². The molecule has 1 aliphatic carbocycles. The molecule has 3 amide bonds. The highest BCUT2D eigenvalue weighted by Gasteiger charge is 2.29. The number of aromatic nitrogens is 1. The van der Waals surface area contributed by atoms with Gasteiger partial charge in [-0.3, -0.25) is 10.1 Å². The van der Waals surface area contributed by atoms with E-state index in [4.69, 9.17) is 0 Å². The minimum absolute atomic E-state index is 0.0808. The molecule has 2 heterocycles. The van der Waals surface area contributed by atoms with Crippen molar-refractivity contribution in [2.75, 3.05) is 11.9 Å². The van der Waals surface area contributed by atoms with Gasteiger partial charge in [-0.1, -0.05) is 23.5 Å². The maximum atomic E-state index is 12.7. The average Bonchev–Trinajstić information content (AvgIpc) is 2.95. The molecule has 1 atom stereocenters. The molecule has 24 heavy (non-hydrogen) atoms. The van der Waals surface area contributed by atoms with Crippen molar-refractivity contribution in [2.45, 2.75) is 52.1 Å². The Hall–Kier alpha value is -1.89. The summed E-state index contributed by atoms with van der Waals surface area (Å²) < 4.78 is 0. The van der Waals surface area contributed by atoms with Gasteiger partial charge < -0.3 is 10.2 Å². The summed E-state index contributed by atoms with van der Waals surface area (Å²) in [7, 11) is 0. The van der Waals surface area contributed by atoms with Crippen molar-refractivity contribution in [2.24, 2.45) is 5.92 Å². The number of nitrogens with one attached hydrogen (secondary N) is 2. The largest absolute Gasteiger partial charge is 0.337 e. The van der Waals surface area contributed by atoms with Crippen LogP contribution in [0.5, 0.6) is 0 Å². The van der Waals surface area contributed by atoms with E-state index in [2.05, 4.69) is 27.8 Å². The molecule has 6 nitrogen and oxygen atoms in total. The van der Waals surface area contributed by atoms with Crippen molar-refractivity contribution in [3.63, 3.8) is 0 Å². The minimum Gasteiger partial charge on any atom is -0.337 e. The summed E-state index contributed by atoms with van der Waals surface area (Å²) in [4.78, 5) is 32.0. The molecule has 0 fully saturated rings. The molecule has 1 aliphatic heterocycles. The SMILES string of the molecule is CC(C)NC(=O)Nc1nc2c(s1)CN(C(=O)C1CC=CCC1)CC2. The number of amides is 3. The molecule has 1 aromatic rings. The van der Waals surface area contributed by atoms with Crippen LogP contribution in [-0.2, 0) is 17.8 Å². The zero-order valence-electron chi connectivity index (χ0n) is 14.2. The molecular weight excluding hydrogens is 324 g/mol. The third kappa shape index (κ3) is 3.95. The molecule has 2 aliphatic rings. The van der Waals surface area contributed by atoms with E-state index in [0.717, 1.165) is 36.3 Å². The van der Waals surface area contributed by atoms with Crippen molar-refractivity contribution in [3.8, 4) is 0 Å². The van der Waals surface area contributed by atoms with Crippen molar-refractivity contribution in [3.05, 3.63) is 22.7 Å². The molecule has 130 valence electrons. The zero-order valence-corrected chi connectivity index (χ0v) is 15.0. The van der Waals surface area contributed by atoms with Gasteiger partial charge in [0.2, 0.25) is 5.91 Å². The number of allylic oxidation sites excluding steroid dienone is 2. The number of thiazole rings is 1. The minimum atomic E-state index is -0.238. The van der Waals surface area contributed by atoms with Gasteiger partial charge in [-0.2, -0.15) is 0 Å². The predicted molar refractivity (Wildman–Crippen MR) is 95.0 cm³/mol. The van der Waals surface area contributed by atoms with Crippen LogP contribution in [0.25, 0.3) is 0 Å². The number of nitrogens with zero attached hydrogens (tertiary/aromatic N) is 2. The number of urea groups is 1. The summed E-state index contributed by atoms with van der Waals surface area (Å²) >= 11 is 1.47. The van der Waals surface area contributed by atoms with Crippen LogP contribution in [0.15, 0.2) is 12.2 Å². The highest BCUT2D eigenvalue weighted by molar-refractivity contribution is 7.15. The molecule has 0 bridgehead atoms. The standard InChI is InChI=1S/C17H24N4O2S/c1-11(2)18-16(23)20-17-19-13-8-9-21(10-14(13)24-17)15(22)12-6-4-3-5-7-12/h3-4,11-12H,5-10H2,1-2H3,(H2,18,19,20,23). The first-order chi connectivity index (χ1) is 11.5. The Balaban J connectivity index is 1.62. The Morgan fingerprint density at radius 3 is 2.92 bits per heavy atom. The van der Waals surface area contributed by atoms with Crippen LogP contribution in [0, 0.1) is 5.92 Å². The Bertz CT molecular complexity index is 653. The van der Waals surface area contributed by atoms with E-state index >= 15 is 0 Å². The van der Waals surface area contributed by atoms with Gasteiger partial charge in [-0.15, -0.1) is 0 Å². The summed E-state index contributed by atoms with van der Waals surface area (Å²) in [6, 6.07) is -0.157. The lowest BCUT2D eigenvalue weighted by molar-refractivity contribution is -0.136. The predicted octanol–water partition coefficient (Wildman–Crippen LogP) is 2.91. The molecule has 0 aromatic carbocycles. The maximum absolute atomic E-state index is 12.7. The normalized spacial score (nSPS) is 20.0. The fraction of sp³-hybridized carbons (Fsp3) is 0.588. The molecule has 0 radical (unpaired) electrons. The Morgan fingerprint density at radius 1 is 1.38 bits per heavy atom. The van der Waals surface area contributed by atoms with Gasteiger partial charge in [0.05, 0.1) is 12.2 Å².